The van der Waals surface area contributed by atoms with Crippen molar-refractivity contribution in [1.82, 2.24) is 14.9 Å². The first kappa shape index (κ1) is 23.0. The topological polar surface area (TPSA) is 92.5 Å². The van der Waals surface area contributed by atoms with E-state index in [1.54, 1.807) is 17.0 Å². The highest BCUT2D eigenvalue weighted by Gasteiger charge is 2.26. The van der Waals surface area contributed by atoms with Gasteiger partial charge in [-0.05, 0) is 25.1 Å². The maximum atomic E-state index is 12.8. The lowest BCUT2D eigenvalue weighted by Crippen LogP contribution is -2.49. The summed E-state index contributed by atoms with van der Waals surface area (Å²) in [5.41, 5.74) is 3.17. The molecule has 170 valence electrons. The van der Waals surface area contributed by atoms with E-state index >= 15 is 0 Å². The van der Waals surface area contributed by atoms with Crippen molar-refractivity contribution in [2.75, 3.05) is 36.8 Å². The lowest BCUT2D eigenvalue weighted by molar-refractivity contribution is -0.384. The van der Waals surface area contributed by atoms with E-state index in [1.165, 1.54) is 17.8 Å². The Balaban J connectivity index is 1.36. The molecule has 0 N–H and O–H groups in total. The van der Waals surface area contributed by atoms with Crippen LogP contribution >= 0.6 is 23.4 Å². The molecule has 2 heterocycles. The molecule has 1 saturated heterocycles. The standard InChI is InChI=1S/C23H22ClN5O3S/c1-16-13-19(17-5-3-2-4-6-17)26-23(25-16)33-15-22(30)28-11-9-27(10-12-28)20-8-7-18(24)14-21(20)29(31)32/h2-8,13-14H,9-12,15H2,1H3. The molecule has 1 aliphatic rings. The summed E-state index contributed by atoms with van der Waals surface area (Å²) in [4.78, 5) is 36.5. The highest BCUT2D eigenvalue weighted by molar-refractivity contribution is 7.99. The maximum absolute atomic E-state index is 12.8. The van der Waals surface area contributed by atoms with Crippen molar-refractivity contribution in [3.63, 3.8) is 0 Å². The van der Waals surface area contributed by atoms with E-state index in [0.717, 1.165) is 17.0 Å². The van der Waals surface area contributed by atoms with Crippen molar-refractivity contribution < 1.29 is 9.72 Å². The quantitative estimate of drug-likeness (QED) is 0.221. The van der Waals surface area contributed by atoms with Crippen LogP contribution in [0.3, 0.4) is 0 Å². The number of hydrogen-bond donors (Lipinski definition) is 0. The van der Waals surface area contributed by atoms with Crippen LogP contribution in [-0.2, 0) is 4.79 Å². The van der Waals surface area contributed by atoms with Crippen molar-refractivity contribution in [2.24, 2.45) is 0 Å². The van der Waals surface area contributed by atoms with Crippen LogP contribution in [0.15, 0.2) is 59.8 Å². The number of thioether (sulfide) groups is 1. The van der Waals surface area contributed by atoms with Crippen molar-refractivity contribution in [1.29, 1.82) is 0 Å². The molecule has 1 amide bonds. The number of carbonyl (C=O) groups is 1. The Bertz CT molecular complexity index is 1170. The van der Waals surface area contributed by atoms with E-state index in [2.05, 4.69) is 9.97 Å². The molecule has 8 nitrogen and oxygen atoms in total. The van der Waals surface area contributed by atoms with Gasteiger partial charge in [-0.3, -0.25) is 14.9 Å². The van der Waals surface area contributed by atoms with E-state index in [9.17, 15) is 14.9 Å². The fourth-order valence-corrected chi connectivity index (χ4v) is 4.66. The summed E-state index contributed by atoms with van der Waals surface area (Å²) < 4.78 is 0. The van der Waals surface area contributed by atoms with Gasteiger partial charge in [0, 0.05) is 48.5 Å². The third kappa shape index (κ3) is 5.61. The van der Waals surface area contributed by atoms with Crippen LogP contribution in [0, 0.1) is 17.0 Å². The van der Waals surface area contributed by atoms with Gasteiger partial charge in [-0.15, -0.1) is 0 Å². The number of aryl methyl sites for hydroxylation is 1. The number of nitro groups is 1. The lowest BCUT2D eigenvalue weighted by Gasteiger charge is -2.35. The number of amides is 1. The average Bonchev–Trinajstić information content (AvgIpc) is 2.83. The Morgan fingerprint density at radius 2 is 1.82 bits per heavy atom. The largest absolute Gasteiger partial charge is 0.362 e. The van der Waals surface area contributed by atoms with Gasteiger partial charge in [0.25, 0.3) is 5.69 Å². The van der Waals surface area contributed by atoms with Crippen molar-refractivity contribution in [2.45, 2.75) is 12.1 Å². The number of nitro benzene ring substituents is 1. The van der Waals surface area contributed by atoms with Crippen LogP contribution in [0.2, 0.25) is 5.02 Å². The smallest absolute Gasteiger partial charge is 0.294 e. The zero-order valence-electron chi connectivity index (χ0n) is 18.0. The number of halogens is 1. The molecule has 0 saturated carbocycles. The third-order valence-corrected chi connectivity index (χ3v) is 6.40. The average molecular weight is 484 g/mol. The van der Waals surface area contributed by atoms with Crippen LogP contribution in [0.4, 0.5) is 11.4 Å². The minimum Gasteiger partial charge on any atom is -0.362 e. The van der Waals surface area contributed by atoms with Crippen LogP contribution in [0.25, 0.3) is 11.3 Å². The van der Waals surface area contributed by atoms with E-state index in [4.69, 9.17) is 11.6 Å². The number of nitrogens with zero attached hydrogens (tertiary/aromatic N) is 5. The molecule has 2 aromatic carbocycles. The second-order valence-corrected chi connectivity index (χ2v) is 8.97. The Labute approximate surface area is 200 Å². The van der Waals surface area contributed by atoms with Gasteiger partial charge in [-0.2, -0.15) is 0 Å². The first-order valence-corrected chi connectivity index (χ1v) is 11.8. The second-order valence-electron chi connectivity index (χ2n) is 7.59. The molecule has 0 radical (unpaired) electrons. The normalized spacial score (nSPS) is 13.8. The zero-order valence-corrected chi connectivity index (χ0v) is 19.6. The van der Waals surface area contributed by atoms with Gasteiger partial charge in [-0.1, -0.05) is 53.7 Å². The molecule has 1 aliphatic heterocycles. The van der Waals surface area contributed by atoms with Gasteiger partial charge < -0.3 is 9.80 Å². The van der Waals surface area contributed by atoms with E-state index in [-0.39, 0.29) is 17.3 Å². The maximum Gasteiger partial charge on any atom is 0.294 e. The Morgan fingerprint density at radius 3 is 2.52 bits per heavy atom. The predicted octanol–water partition coefficient (Wildman–Crippen LogP) is 4.45. The molecule has 0 spiro atoms. The summed E-state index contributed by atoms with van der Waals surface area (Å²) in [7, 11) is 0. The van der Waals surface area contributed by atoms with Gasteiger partial charge in [0.2, 0.25) is 5.91 Å². The third-order valence-electron chi connectivity index (χ3n) is 5.34. The molecule has 4 rings (SSSR count). The number of rotatable bonds is 6. The predicted molar refractivity (Wildman–Crippen MR) is 130 cm³/mol. The number of hydrogen-bond acceptors (Lipinski definition) is 7. The van der Waals surface area contributed by atoms with Crippen molar-refractivity contribution >= 4 is 40.6 Å². The van der Waals surface area contributed by atoms with Gasteiger partial charge in [0.1, 0.15) is 5.69 Å². The molecule has 1 aromatic heterocycles. The number of carbonyl (C=O) groups excluding carboxylic acids is 1. The lowest BCUT2D eigenvalue weighted by atomic mass is 10.1. The second kappa shape index (κ2) is 10.2. The molecular formula is C23H22ClN5O3S. The molecule has 0 aliphatic carbocycles. The van der Waals surface area contributed by atoms with Gasteiger partial charge in [0.05, 0.1) is 16.4 Å². The van der Waals surface area contributed by atoms with Crippen molar-refractivity contribution in [3.05, 3.63) is 75.4 Å². The number of piperazine rings is 1. The molecule has 10 heteroatoms. The summed E-state index contributed by atoms with van der Waals surface area (Å²) in [6.07, 6.45) is 0. The van der Waals surface area contributed by atoms with Gasteiger partial charge >= 0.3 is 0 Å². The Hall–Kier alpha value is -3.17. The molecule has 0 unspecified atom stereocenters. The van der Waals surface area contributed by atoms with Crippen LogP contribution in [0.5, 0.6) is 0 Å². The van der Waals surface area contributed by atoms with E-state index in [0.29, 0.717) is 42.0 Å². The minimum absolute atomic E-state index is 0.00313. The monoisotopic (exact) mass is 483 g/mol. The molecule has 0 atom stereocenters. The van der Waals surface area contributed by atoms with E-state index < -0.39 is 4.92 Å². The highest BCUT2D eigenvalue weighted by atomic mass is 35.5. The summed E-state index contributed by atoms with van der Waals surface area (Å²) in [5, 5.41) is 12.3. The molecule has 0 bridgehead atoms. The SMILES string of the molecule is Cc1cc(-c2ccccc2)nc(SCC(=O)N2CCN(c3ccc(Cl)cc3[N+](=O)[O-])CC2)n1. The number of benzene rings is 2. The van der Waals surface area contributed by atoms with Crippen LogP contribution in [0.1, 0.15) is 5.69 Å². The van der Waals surface area contributed by atoms with Gasteiger partial charge in [-0.25, -0.2) is 9.97 Å². The summed E-state index contributed by atoms with van der Waals surface area (Å²) >= 11 is 7.24. The molecule has 1 fully saturated rings. The van der Waals surface area contributed by atoms with Crippen LogP contribution < -0.4 is 4.90 Å². The summed E-state index contributed by atoms with van der Waals surface area (Å²) in [5.74, 6) is 0.232. The zero-order chi connectivity index (χ0) is 23.4. The fraction of sp³-hybridized carbons (Fsp3) is 0.261. The number of anilines is 1. The van der Waals surface area contributed by atoms with E-state index in [1.807, 2.05) is 48.2 Å². The number of aromatic nitrogens is 2. The molecule has 3 aromatic rings. The van der Waals surface area contributed by atoms with Gasteiger partial charge in [0.15, 0.2) is 5.16 Å². The highest BCUT2D eigenvalue weighted by Crippen LogP contribution is 2.31. The summed E-state index contributed by atoms with van der Waals surface area (Å²) in [6, 6.07) is 16.4. The Morgan fingerprint density at radius 1 is 1.09 bits per heavy atom. The minimum atomic E-state index is -0.430. The van der Waals surface area contributed by atoms with Crippen LogP contribution in [-0.4, -0.2) is 57.6 Å². The first-order chi connectivity index (χ1) is 15.9. The molecular weight excluding hydrogens is 462 g/mol. The Kier molecular flexibility index (Phi) is 7.10. The fourth-order valence-electron chi connectivity index (χ4n) is 3.69. The molecule has 33 heavy (non-hydrogen) atoms. The first-order valence-electron chi connectivity index (χ1n) is 10.4. The van der Waals surface area contributed by atoms with Crippen molar-refractivity contribution in [3.8, 4) is 11.3 Å². The summed E-state index contributed by atoms with van der Waals surface area (Å²) in [6.45, 7) is 3.91.